The van der Waals surface area contributed by atoms with Crippen LogP contribution in [0.5, 0.6) is 0 Å². The third-order valence-corrected chi connectivity index (χ3v) is 7.77. The highest BCUT2D eigenvalue weighted by Crippen LogP contribution is 2.35. The number of carbonyl (C=O) groups excluding carboxylic acids is 1. The number of fused-ring (bicyclic) bond motifs is 2. The molecule has 2 aliphatic rings. The fourth-order valence-electron chi connectivity index (χ4n) is 4.51. The summed E-state index contributed by atoms with van der Waals surface area (Å²) in [6, 6.07) is 6.84. The average Bonchev–Trinajstić information content (AvgIpc) is 3.01. The van der Waals surface area contributed by atoms with E-state index in [1.54, 1.807) is 39.8 Å². The highest BCUT2D eigenvalue weighted by molar-refractivity contribution is 7.89. The van der Waals surface area contributed by atoms with Crippen molar-refractivity contribution >= 4 is 26.9 Å². The molecule has 0 radical (unpaired) electrons. The molecule has 2 atom stereocenters. The predicted molar refractivity (Wildman–Crippen MR) is 115 cm³/mol. The van der Waals surface area contributed by atoms with E-state index < -0.39 is 15.6 Å². The summed E-state index contributed by atoms with van der Waals surface area (Å²) >= 11 is 0. The van der Waals surface area contributed by atoms with E-state index in [2.05, 4.69) is 4.98 Å². The first-order valence-corrected chi connectivity index (χ1v) is 11.9. The molecule has 2 aliphatic heterocycles. The Labute approximate surface area is 178 Å². The van der Waals surface area contributed by atoms with Crippen LogP contribution >= 0.6 is 0 Å². The third kappa shape index (κ3) is 4.03. The van der Waals surface area contributed by atoms with Gasteiger partial charge in [0.2, 0.25) is 10.0 Å². The number of ether oxygens (including phenoxy) is 1. The molecule has 2 unspecified atom stereocenters. The van der Waals surface area contributed by atoms with Gasteiger partial charge in [-0.2, -0.15) is 4.31 Å². The molecule has 1 aromatic heterocycles. The highest BCUT2D eigenvalue weighted by Gasteiger charge is 2.45. The molecular formula is C22H29N3O4S. The molecule has 1 amide bonds. The zero-order valence-corrected chi connectivity index (χ0v) is 18.6. The van der Waals surface area contributed by atoms with Gasteiger partial charge >= 0.3 is 6.09 Å². The summed E-state index contributed by atoms with van der Waals surface area (Å²) in [5.41, 5.74) is -0.583. The number of sulfonamides is 1. The smallest absolute Gasteiger partial charge is 0.410 e. The Kier molecular flexibility index (Phi) is 5.48. The first-order valence-electron chi connectivity index (χ1n) is 10.5. The van der Waals surface area contributed by atoms with Gasteiger partial charge in [-0.05, 0) is 51.7 Å². The summed E-state index contributed by atoms with van der Waals surface area (Å²) in [5, 5.41) is 1.46. The minimum absolute atomic E-state index is 0.117. The van der Waals surface area contributed by atoms with Crippen LogP contribution in [-0.2, 0) is 14.8 Å². The minimum Gasteiger partial charge on any atom is -0.444 e. The second kappa shape index (κ2) is 7.81. The van der Waals surface area contributed by atoms with Crippen molar-refractivity contribution in [2.45, 2.75) is 56.6 Å². The molecule has 0 bridgehead atoms. The molecule has 0 spiro atoms. The van der Waals surface area contributed by atoms with E-state index in [1.807, 2.05) is 26.8 Å². The Morgan fingerprint density at radius 2 is 1.97 bits per heavy atom. The Hall–Kier alpha value is -2.19. The molecule has 1 aromatic carbocycles. The monoisotopic (exact) mass is 431 g/mol. The van der Waals surface area contributed by atoms with Gasteiger partial charge in [0, 0.05) is 42.8 Å². The molecule has 7 nitrogen and oxygen atoms in total. The normalized spacial score (nSPS) is 23.2. The van der Waals surface area contributed by atoms with E-state index in [9.17, 15) is 13.2 Å². The quantitative estimate of drug-likeness (QED) is 0.725. The van der Waals surface area contributed by atoms with Gasteiger partial charge in [-0.1, -0.05) is 18.6 Å². The van der Waals surface area contributed by atoms with E-state index in [0.717, 1.165) is 24.6 Å². The number of hydrogen-bond donors (Lipinski definition) is 0. The maximum Gasteiger partial charge on any atom is 0.410 e. The molecule has 3 heterocycles. The zero-order valence-electron chi connectivity index (χ0n) is 17.7. The van der Waals surface area contributed by atoms with Gasteiger partial charge in [0.05, 0.1) is 10.9 Å². The molecule has 8 heteroatoms. The van der Waals surface area contributed by atoms with Crippen molar-refractivity contribution in [3.8, 4) is 0 Å². The SMILES string of the molecule is CC(C)(C)OC(=O)N1CCCCC2CN(S(=O)(=O)c3cccc4cnccc34)CC21. The molecule has 30 heavy (non-hydrogen) atoms. The van der Waals surface area contributed by atoms with Crippen molar-refractivity contribution in [1.29, 1.82) is 0 Å². The number of amides is 1. The summed E-state index contributed by atoms with van der Waals surface area (Å²) in [4.78, 5) is 19.0. The number of benzene rings is 1. The summed E-state index contributed by atoms with van der Waals surface area (Å²) in [5.74, 6) is 0.117. The maximum atomic E-state index is 13.6. The predicted octanol–water partition coefficient (Wildman–Crippen LogP) is 3.64. The van der Waals surface area contributed by atoms with Gasteiger partial charge in [0.1, 0.15) is 5.60 Å². The van der Waals surface area contributed by atoms with E-state index in [1.165, 1.54) is 0 Å². The molecule has 2 fully saturated rings. The van der Waals surface area contributed by atoms with Crippen LogP contribution < -0.4 is 0 Å². The van der Waals surface area contributed by atoms with Gasteiger partial charge in [-0.15, -0.1) is 0 Å². The third-order valence-electron chi connectivity index (χ3n) is 5.88. The molecule has 0 aliphatic carbocycles. The van der Waals surface area contributed by atoms with Gasteiger partial charge in [-0.25, -0.2) is 13.2 Å². The fourth-order valence-corrected chi connectivity index (χ4v) is 6.24. The van der Waals surface area contributed by atoms with Crippen LogP contribution in [0.15, 0.2) is 41.6 Å². The molecule has 2 saturated heterocycles. The number of likely N-dealkylation sites (tertiary alicyclic amines) is 1. The van der Waals surface area contributed by atoms with Crippen molar-refractivity contribution in [3.05, 3.63) is 36.7 Å². The Bertz CT molecular complexity index is 1040. The van der Waals surface area contributed by atoms with Crippen molar-refractivity contribution < 1.29 is 17.9 Å². The first-order chi connectivity index (χ1) is 14.2. The van der Waals surface area contributed by atoms with Crippen LogP contribution in [0.25, 0.3) is 10.8 Å². The van der Waals surface area contributed by atoms with Crippen LogP contribution in [0.4, 0.5) is 4.79 Å². The zero-order chi connectivity index (χ0) is 21.5. The second-order valence-corrected chi connectivity index (χ2v) is 11.1. The second-order valence-electron chi connectivity index (χ2n) is 9.17. The van der Waals surface area contributed by atoms with E-state index in [0.29, 0.717) is 29.9 Å². The van der Waals surface area contributed by atoms with Crippen molar-refractivity contribution in [2.75, 3.05) is 19.6 Å². The van der Waals surface area contributed by atoms with Gasteiger partial charge < -0.3 is 9.64 Å². The van der Waals surface area contributed by atoms with Crippen molar-refractivity contribution in [3.63, 3.8) is 0 Å². The lowest BCUT2D eigenvalue weighted by Crippen LogP contribution is -2.46. The topological polar surface area (TPSA) is 79.8 Å². The summed E-state index contributed by atoms with van der Waals surface area (Å²) in [6.45, 7) is 6.87. The lowest BCUT2D eigenvalue weighted by Gasteiger charge is -2.32. The minimum atomic E-state index is -3.69. The number of aromatic nitrogens is 1. The Morgan fingerprint density at radius 1 is 1.17 bits per heavy atom. The maximum absolute atomic E-state index is 13.6. The number of rotatable bonds is 2. The summed E-state index contributed by atoms with van der Waals surface area (Å²) in [6.07, 6.45) is 5.74. The number of hydrogen-bond acceptors (Lipinski definition) is 5. The van der Waals surface area contributed by atoms with Crippen molar-refractivity contribution in [2.24, 2.45) is 5.92 Å². The van der Waals surface area contributed by atoms with Gasteiger partial charge in [-0.3, -0.25) is 4.98 Å². The number of carbonyl (C=O) groups is 1. The van der Waals surface area contributed by atoms with Gasteiger partial charge in [0.25, 0.3) is 0 Å². The Morgan fingerprint density at radius 3 is 2.73 bits per heavy atom. The molecular weight excluding hydrogens is 402 g/mol. The first kappa shape index (κ1) is 21.1. The molecule has 0 N–H and O–H groups in total. The molecule has 2 aromatic rings. The van der Waals surface area contributed by atoms with E-state index in [4.69, 9.17) is 4.74 Å². The van der Waals surface area contributed by atoms with Crippen LogP contribution in [-0.4, -0.2) is 60.0 Å². The van der Waals surface area contributed by atoms with Crippen LogP contribution in [0.2, 0.25) is 0 Å². The molecule has 162 valence electrons. The summed E-state index contributed by atoms with van der Waals surface area (Å²) < 4.78 is 34.3. The molecule has 0 saturated carbocycles. The van der Waals surface area contributed by atoms with Crippen molar-refractivity contribution in [1.82, 2.24) is 14.2 Å². The number of nitrogens with zero attached hydrogens (tertiary/aromatic N) is 3. The fraction of sp³-hybridized carbons (Fsp3) is 0.545. The molecule has 4 rings (SSSR count). The average molecular weight is 432 g/mol. The van der Waals surface area contributed by atoms with E-state index >= 15 is 0 Å². The largest absolute Gasteiger partial charge is 0.444 e. The van der Waals surface area contributed by atoms with Crippen LogP contribution in [0.1, 0.15) is 40.0 Å². The standard InChI is InChI=1S/C22H29N3O4S/c1-22(2,3)29-21(26)25-12-5-4-7-17-14-24(15-19(17)25)30(27,28)20-9-6-8-16-13-23-11-10-18(16)20/h6,8-11,13,17,19H,4-5,7,12,14-15H2,1-3H3. The van der Waals surface area contributed by atoms with Gasteiger partial charge in [0.15, 0.2) is 0 Å². The van der Waals surface area contributed by atoms with Crippen LogP contribution in [0.3, 0.4) is 0 Å². The van der Waals surface area contributed by atoms with Crippen LogP contribution in [0, 0.1) is 5.92 Å². The lowest BCUT2D eigenvalue weighted by atomic mass is 9.98. The Balaban J connectivity index is 1.63. The number of pyridine rings is 1. The van der Waals surface area contributed by atoms with E-state index in [-0.39, 0.29) is 18.1 Å². The summed E-state index contributed by atoms with van der Waals surface area (Å²) in [7, 11) is -3.69. The highest BCUT2D eigenvalue weighted by atomic mass is 32.2. The lowest BCUT2D eigenvalue weighted by molar-refractivity contribution is 0.0152.